The Hall–Kier alpha value is -3.19. The van der Waals surface area contributed by atoms with Gasteiger partial charge < -0.3 is 19.6 Å². The molecule has 2 heterocycles. The van der Waals surface area contributed by atoms with E-state index >= 15 is 0 Å². The lowest BCUT2D eigenvalue weighted by molar-refractivity contribution is -0.858. The molecule has 0 bridgehead atoms. The van der Waals surface area contributed by atoms with Crippen molar-refractivity contribution in [2.75, 3.05) is 33.8 Å². The molecule has 7 heteroatoms. The molecular formula is C24H29N3O4. The van der Waals surface area contributed by atoms with Gasteiger partial charge in [-0.3, -0.25) is 14.6 Å². The number of hydrogen-bond acceptors (Lipinski definition) is 5. The fourth-order valence-corrected chi connectivity index (χ4v) is 3.67. The first kappa shape index (κ1) is 22.5. The van der Waals surface area contributed by atoms with Gasteiger partial charge in [-0.15, -0.1) is 0 Å². The van der Waals surface area contributed by atoms with Crippen LogP contribution in [0.4, 0.5) is 0 Å². The van der Waals surface area contributed by atoms with Crippen LogP contribution in [0.3, 0.4) is 0 Å². The Bertz CT molecular complexity index is 939. The van der Waals surface area contributed by atoms with Crippen LogP contribution in [-0.4, -0.2) is 55.4 Å². The fraction of sp³-hybridized carbons (Fsp3) is 0.375. The number of aromatic nitrogens is 1. The largest absolute Gasteiger partial charge is 0.872 e. The summed E-state index contributed by atoms with van der Waals surface area (Å²) in [4.78, 5) is 32.6. The fourth-order valence-electron chi connectivity index (χ4n) is 3.67. The van der Waals surface area contributed by atoms with E-state index in [9.17, 15) is 14.7 Å². The number of carbonyl (C=O) groups is 2. The first-order valence-electron chi connectivity index (χ1n) is 10.6. The predicted molar refractivity (Wildman–Crippen MR) is 115 cm³/mol. The topological polar surface area (TPSA) is 87.0 Å². The van der Waals surface area contributed by atoms with Crippen LogP contribution in [-0.2, 0) is 9.59 Å². The summed E-state index contributed by atoms with van der Waals surface area (Å²) < 4.78 is 5.57. The number of nitrogens with zero attached hydrogens (tertiary/aromatic N) is 2. The molecule has 0 aliphatic carbocycles. The number of quaternary nitrogens is 1. The lowest BCUT2D eigenvalue weighted by Gasteiger charge is -2.27. The second-order valence-electron chi connectivity index (χ2n) is 7.94. The molecule has 164 valence electrons. The van der Waals surface area contributed by atoms with E-state index in [2.05, 4.69) is 4.98 Å². The summed E-state index contributed by atoms with van der Waals surface area (Å²) in [7, 11) is 4.07. The maximum Gasteiger partial charge on any atom is 0.295 e. The number of carbonyl (C=O) groups excluding carboxylic acids is 2. The van der Waals surface area contributed by atoms with Gasteiger partial charge in [0.25, 0.3) is 5.91 Å². The first-order chi connectivity index (χ1) is 14.9. The molecule has 1 aromatic carbocycles. The van der Waals surface area contributed by atoms with E-state index in [1.807, 2.05) is 21.0 Å². The second-order valence-corrected chi connectivity index (χ2v) is 7.94. The Morgan fingerprint density at radius 2 is 1.81 bits per heavy atom. The molecule has 1 unspecified atom stereocenters. The standard InChI is InChI=1S/C24H29N3O4/c1-4-16-31-19-8-6-18(7-9-19)22(28)20-21(17-10-12-25-13-11-17)27(24(30)23(20)29)15-5-14-26(2)3/h6-13,21,28H,4-5,14-16H2,1-3H3. The number of pyridine rings is 1. The van der Waals surface area contributed by atoms with E-state index in [1.54, 1.807) is 48.8 Å². The van der Waals surface area contributed by atoms with E-state index in [-0.39, 0.29) is 5.57 Å². The van der Waals surface area contributed by atoms with Crippen molar-refractivity contribution in [2.45, 2.75) is 25.8 Å². The molecule has 1 fully saturated rings. The highest BCUT2D eigenvalue weighted by Gasteiger charge is 2.43. The minimum atomic E-state index is -0.727. The molecule has 0 spiro atoms. The van der Waals surface area contributed by atoms with Crippen molar-refractivity contribution in [3.05, 3.63) is 65.5 Å². The quantitative estimate of drug-likeness (QED) is 0.363. The highest BCUT2D eigenvalue weighted by Crippen LogP contribution is 2.38. The van der Waals surface area contributed by atoms with E-state index < -0.39 is 23.5 Å². The van der Waals surface area contributed by atoms with Gasteiger partial charge in [0.15, 0.2) is 0 Å². The molecule has 1 amide bonds. The van der Waals surface area contributed by atoms with Crippen molar-refractivity contribution in [2.24, 2.45) is 0 Å². The number of nitrogens with one attached hydrogen (secondary N) is 1. The van der Waals surface area contributed by atoms with Crippen LogP contribution < -0.4 is 14.7 Å². The minimum Gasteiger partial charge on any atom is -0.872 e. The van der Waals surface area contributed by atoms with Crippen molar-refractivity contribution in [3.8, 4) is 5.75 Å². The third-order valence-electron chi connectivity index (χ3n) is 5.22. The summed E-state index contributed by atoms with van der Waals surface area (Å²) in [6.45, 7) is 3.86. The minimum absolute atomic E-state index is 0.00405. The molecule has 2 aromatic rings. The number of hydrogen-bond donors (Lipinski definition) is 1. The van der Waals surface area contributed by atoms with Crippen LogP contribution >= 0.6 is 0 Å². The van der Waals surface area contributed by atoms with Crippen molar-refractivity contribution in [3.63, 3.8) is 0 Å². The summed E-state index contributed by atoms with van der Waals surface area (Å²) in [5.41, 5.74) is 1.06. The summed E-state index contributed by atoms with van der Waals surface area (Å²) in [5, 5.41) is 13.3. The Kier molecular flexibility index (Phi) is 7.41. The molecule has 31 heavy (non-hydrogen) atoms. The second kappa shape index (κ2) is 10.2. The molecule has 1 aliphatic heterocycles. The van der Waals surface area contributed by atoms with Crippen LogP contribution in [0, 0.1) is 0 Å². The van der Waals surface area contributed by atoms with E-state index in [0.717, 1.165) is 19.4 Å². The average Bonchev–Trinajstić information content (AvgIpc) is 3.03. The van der Waals surface area contributed by atoms with Gasteiger partial charge in [-0.2, -0.15) is 0 Å². The monoisotopic (exact) mass is 423 g/mol. The van der Waals surface area contributed by atoms with Crippen LogP contribution in [0.5, 0.6) is 5.75 Å². The van der Waals surface area contributed by atoms with Crippen LogP contribution in [0.1, 0.15) is 36.9 Å². The summed E-state index contributed by atoms with van der Waals surface area (Å²) >= 11 is 0. The zero-order valence-corrected chi connectivity index (χ0v) is 18.3. The number of ether oxygens (including phenoxy) is 1. The molecule has 7 nitrogen and oxygen atoms in total. The van der Waals surface area contributed by atoms with Crippen LogP contribution in [0.25, 0.3) is 5.76 Å². The Morgan fingerprint density at radius 1 is 1.13 bits per heavy atom. The van der Waals surface area contributed by atoms with Gasteiger partial charge in [-0.05, 0) is 41.8 Å². The number of rotatable bonds is 9. The molecule has 1 atom stereocenters. The maximum absolute atomic E-state index is 13.3. The van der Waals surface area contributed by atoms with Gasteiger partial charge in [0.1, 0.15) is 5.75 Å². The lowest BCUT2D eigenvalue weighted by atomic mass is 9.96. The SMILES string of the molecule is CCCOc1ccc(C([O-])=C2C(=O)C(=O)N(CCC[NH+](C)C)C2c2ccncc2)cc1. The summed E-state index contributed by atoms with van der Waals surface area (Å²) in [5.74, 6) is -1.12. The highest BCUT2D eigenvalue weighted by atomic mass is 16.5. The van der Waals surface area contributed by atoms with Gasteiger partial charge >= 0.3 is 0 Å². The molecule has 1 aromatic heterocycles. The van der Waals surface area contributed by atoms with Gasteiger partial charge in [-0.25, -0.2) is 0 Å². The first-order valence-corrected chi connectivity index (χ1v) is 10.6. The number of benzene rings is 1. The Labute approximate surface area is 183 Å². The molecule has 1 N–H and O–H groups in total. The smallest absolute Gasteiger partial charge is 0.295 e. The molecule has 1 aliphatic rings. The zero-order valence-electron chi connectivity index (χ0n) is 18.3. The molecule has 3 rings (SSSR count). The Balaban J connectivity index is 1.99. The zero-order chi connectivity index (χ0) is 22.4. The van der Waals surface area contributed by atoms with Gasteiger partial charge in [-0.1, -0.05) is 24.8 Å². The van der Waals surface area contributed by atoms with Crippen LogP contribution in [0.2, 0.25) is 0 Å². The van der Waals surface area contributed by atoms with E-state index in [4.69, 9.17) is 4.74 Å². The summed E-state index contributed by atoms with van der Waals surface area (Å²) in [6, 6.07) is 9.49. The number of Topliss-reactive ketones (excluding diaryl/α,β-unsaturated/α-hetero) is 1. The van der Waals surface area contributed by atoms with Gasteiger partial charge in [0, 0.05) is 30.9 Å². The number of amides is 1. The van der Waals surface area contributed by atoms with E-state index in [1.165, 1.54) is 9.80 Å². The van der Waals surface area contributed by atoms with Crippen molar-refractivity contribution in [1.82, 2.24) is 9.88 Å². The third-order valence-corrected chi connectivity index (χ3v) is 5.22. The molecule has 0 radical (unpaired) electrons. The molecule has 0 saturated carbocycles. The number of ketones is 1. The normalized spacial score (nSPS) is 18.1. The highest BCUT2D eigenvalue weighted by molar-refractivity contribution is 6.46. The predicted octanol–water partition coefficient (Wildman–Crippen LogP) is 0.629. The van der Waals surface area contributed by atoms with Gasteiger partial charge in [0.2, 0.25) is 5.78 Å². The van der Waals surface area contributed by atoms with Crippen molar-refractivity contribution in [1.29, 1.82) is 0 Å². The lowest BCUT2D eigenvalue weighted by Crippen LogP contribution is -3.05. The van der Waals surface area contributed by atoms with Crippen molar-refractivity contribution >= 4 is 17.4 Å². The molecular weight excluding hydrogens is 394 g/mol. The average molecular weight is 424 g/mol. The molecule has 1 saturated heterocycles. The van der Waals surface area contributed by atoms with Crippen molar-refractivity contribution < 1.29 is 24.3 Å². The maximum atomic E-state index is 13.3. The van der Waals surface area contributed by atoms with E-state index in [0.29, 0.717) is 30.0 Å². The third kappa shape index (κ3) is 5.11. The summed E-state index contributed by atoms with van der Waals surface area (Å²) in [6.07, 6.45) is 4.82. The Morgan fingerprint density at radius 3 is 2.42 bits per heavy atom. The van der Waals surface area contributed by atoms with Gasteiger partial charge in [0.05, 0.1) is 33.3 Å². The number of likely N-dealkylation sites (tertiary alicyclic amines) is 1. The van der Waals surface area contributed by atoms with Crippen LogP contribution in [0.15, 0.2) is 54.4 Å².